The Labute approximate surface area is 137 Å². The highest BCUT2D eigenvalue weighted by molar-refractivity contribution is 5.79. The van der Waals surface area contributed by atoms with E-state index in [1.54, 1.807) is 14.2 Å². The summed E-state index contributed by atoms with van der Waals surface area (Å²) in [6.45, 7) is 3.96. The molecule has 0 spiro atoms. The Hall–Kier alpha value is -2.49. The van der Waals surface area contributed by atoms with Crippen molar-refractivity contribution in [2.75, 3.05) is 14.2 Å². The number of amides is 1. The van der Waals surface area contributed by atoms with Gasteiger partial charge in [-0.2, -0.15) is 0 Å². The maximum absolute atomic E-state index is 12.3. The van der Waals surface area contributed by atoms with Gasteiger partial charge in [0.25, 0.3) is 0 Å². The van der Waals surface area contributed by atoms with Crippen LogP contribution in [0.25, 0.3) is 0 Å². The Morgan fingerprint density at radius 3 is 2.39 bits per heavy atom. The van der Waals surface area contributed by atoms with Crippen molar-refractivity contribution >= 4 is 5.91 Å². The first-order valence-electron chi connectivity index (χ1n) is 7.60. The van der Waals surface area contributed by atoms with Gasteiger partial charge in [-0.05, 0) is 37.6 Å². The maximum Gasteiger partial charge on any atom is 0.224 e. The number of carbonyl (C=O) groups is 1. The zero-order chi connectivity index (χ0) is 16.8. The zero-order valence-corrected chi connectivity index (χ0v) is 14.1. The van der Waals surface area contributed by atoms with E-state index in [2.05, 4.69) is 5.32 Å². The predicted octanol–water partition coefficient (Wildman–Crippen LogP) is 3.43. The average Bonchev–Trinajstić information content (AvgIpc) is 2.56. The number of aryl methyl sites for hydroxylation is 1. The third kappa shape index (κ3) is 4.49. The lowest BCUT2D eigenvalue weighted by atomic mass is 10.1. The van der Waals surface area contributed by atoms with Gasteiger partial charge in [-0.1, -0.05) is 29.8 Å². The smallest absolute Gasteiger partial charge is 0.224 e. The normalized spacial score (nSPS) is 11.7. The van der Waals surface area contributed by atoms with Crippen LogP contribution >= 0.6 is 0 Å². The first-order chi connectivity index (χ1) is 11.0. The Kier molecular flexibility index (Phi) is 5.63. The highest BCUT2D eigenvalue weighted by atomic mass is 16.5. The Morgan fingerprint density at radius 1 is 1.09 bits per heavy atom. The van der Waals surface area contributed by atoms with Crippen LogP contribution < -0.4 is 14.8 Å². The van der Waals surface area contributed by atoms with E-state index in [1.165, 1.54) is 5.56 Å². The van der Waals surface area contributed by atoms with Gasteiger partial charge in [0.2, 0.25) is 5.91 Å². The molecule has 0 radical (unpaired) electrons. The van der Waals surface area contributed by atoms with Crippen molar-refractivity contribution in [2.24, 2.45) is 0 Å². The summed E-state index contributed by atoms with van der Waals surface area (Å²) in [5, 5.41) is 3.01. The fourth-order valence-corrected chi connectivity index (χ4v) is 2.44. The fraction of sp³-hybridized carbons (Fsp3) is 0.316. The summed E-state index contributed by atoms with van der Waals surface area (Å²) >= 11 is 0. The van der Waals surface area contributed by atoms with Crippen LogP contribution in [-0.4, -0.2) is 20.1 Å². The van der Waals surface area contributed by atoms with E-state index < -0.39 is 0 Å². The second-order valence-electron chi connectivity index (χ2n) is 5.56. The van der Waals surface area contributed by atoms with Crippen LogP contribution in [0.15, 0.2) is 42.5 Å². The van der Waals surface area contributed by atoms with Crippen molar-refractivity contribution in [2.45, 2.75) is 26.3 Å². The van der Waals surface area contributed by atoms with E-state index in [9.17, 15) is 4.79 Å². The minimum Gasteiger partial charge on any atom is -0.497 e. The lowest BCUT2D eigenvalue weighted by Crippen LogP contribution is -2.28. The number of benzene rings is 2. The van der Waals surface area contributed by atoms with Gasteiger partial charge in [0.05, 0.1) is 26.7 Å². The SMILES string of the molecule is COc1ccc(OC)c(C(C)NC(=O)Cc2ccc(C)cc2)c1. The Balaban J connectivity index is 2.07. The lowest BCUT2D eigenvalue weighted by Gasteiger charge is -2.18. The van der Waals surface area contributed by atoms with Crippen LogP contribution in [-0.2, 0) is 11.2 Å². The summed E-state index contributed by atoms with van der Waals surface area (Å²) in [6, 6.07) is 13.4. The third-order valence-corrected chi connectivity index (χ3v) is 3.77. The van der Waals surface area contributed by atoms with Gasteiger partial charge in [0.15, 0.2) is 0 Å². The number of methoxy groups -OCH3 is 2. The van der Waals surface area contributed by atoms with E-state index in [4.69, 9.17) is 9.47 Å². The number of carbonyl (C=O) groups excluding carboxylic acids is 1. The van der Waals surface area contributed by atoms with Crippen molar-refractivity contribution in [1.82, 2.24) is 5.32 Å². The van der Waals surface area contributed by atoms with Gasteiger partial charge < -0.3 is 14.8 Å². The minimum absolute atomic E-state index is 0.0220. The molecule has 4 heteroatoms. The molecule has 2 aromatic rings. The van der Waals surface area contributed by atoms with Gasteiger partial charge in [0.1, 0.15) is 11.5 Å². The van der Waals surface area contributed by atoms with Gasteiger partial charge in [0, 0.05) is 5.56 Å². The molecule has 0 aliphatic carbocycles. The van der Waals surface area contributed by atoms with E-state index in [1.807, 2.05) is 56.3 Å². The monoisotopic (exact) mass is 313 g/mol. The standard InChI is InChI=1S/C19H23NO3/c1-13-5-7-15(8-6-13)11-19(21)20-14(2)17-12-16(22-3)9-10-18(17)23-4/h5-10,12,14H,11H2,1-4H3,(H,20,21). The van der Waals surface area contributed by atoms with Crippen LogP contribution in [0.5, 0.6) is 11.5 Å². The molecule has 1 unspecified atom stereocenters. The highest BCUT2D eigenvalue weighted by Gasteiger charge is 2.15. The van der Waals surface area contributed by atoms with Crippen LogP contribution in [0.4, 0.5) is 0 Å². The molecule has 0 bridgehead atoms. The van der Waals surface area contributed by atoms with Crippen molar-refractivity contribution < 1.29 is 14.3 Å². The number of ether oxygens (including phenoxy) is 2. The molecule has 122 valence electrons. The van der Waals surface area contributed by atoms with Crippen LogP contribution in [0, 0.1) is 6.92 Å². The van der Waals surface area contributed by atoms with Gasteiger partial charge >= 0.3 is 0 Å². The first kappa shape index (κ1) is 16.9. The van der Waals surface area contributed by atoms with Crippen molar-refractivity contribution in [3.8, 4) is 11.5 Å². The molecule has 0 aromatic heterocycles. The van der Waals surface area contributed by atoms with E-state index in [-0.39, 0.29) is 11.9 Å². The number of rotatable bonds is 6. The highest BCUT2D eigenvalue weighted by Crippen LogP contribution is 2.29. The van der Waals surface area contributed by atoms with E-state index in [0.717, 1.165) is 22.6 Å². The molecule has 0 saturated heterocycles. The quantitative estimate of drug-likeness (QED) is 0.889. The van der Waals surface area contributed by atoms with Gasteiger partial charge in [-0.25, -0.2) is 0 Å². The molecule has 4 nitrogen and oxygen atoms in total. The summed E-state index contributed by atoms with van der Waals surface area (Å²) < 4.78 is 10.6. The van der Waals surface area contributed by atoms with Crippen LogP contribution in [0.3, 0.4) is 0 Å². The lowest BCUT2D eigenvalue weighted by molar-refractivity contribution is -0.121. The van der Waals surface area contributed by atoms with Crippen molar-refractivity contribution in [3.05, 3.63) is 59.2 Å². The number of hydrogen-bond donors (Lipinski definition) is 1. The molecular weight excluding hydrogens is 290 g/mol. The summed E-state index contributed by atoms with van der Waals surface area (Å²) in [4.78, 5) is 12.3. The summed E-state index contributed by atoms with van der Waals surface area (Å²) in [5.74, 6) is 1.44. The summed E-state index contributed by atoms with van der Waals surface area (Å²) in [7, 11) is 3.23. The van der Waals surface area contributed by atoms with Crippen LogP contribution in [0.1, 0.15) is 29.7 Å². The van der Waals surface area contributed by atoms with E-state index in [0.29, 0.717) is 6.42 Å². The zero-order valence-electron chi connectivity index (χ0n) is 14.1. The molecule has 1 N–H and O–H groups in total. The average molecular weight is 313 g/mol. The molecule has 0 aliphatic heterocycles. The molecule has 2 aromatic carbocycles. The predicted molar refractivity (Wildman–Crippen MR) is 91.0 cm³/mol. The molecule has 23 heavy (non-hydrogen) atoms. The molecule has 0 aliphatic rings. The first-order valence-corrected chi connectivity index (χ1v) is 7.60. The molecule has 1 amide bonds. The summed E-state index contributed by atoms with van der Waals surface area (Å²) in [5.41, 5.74) is 3.07. The van der Waals surface area contributed by atoms with Gasteiger partial charge in [-0.3, -0.25) is 4.79 Å². The molecular formula is C19H23NO3. The topological polar surface area (TPSA) is 47.6 Å². The fourth-order valence-electron chi connectivity index (χ4n) is 2.44. The molecule has 1 atom stereocenters. The van der Waals surface area contributed by atoms with Crippen molar-refractivity contribution in [1.29, 1.82) is 0 Å². The summed E-state index contributed by atoms with van der Waals surface area (Å²) in [6.07, 6.45) is 0.358. The minimum atomic E-state index is -0.169. The molecule has 2 rings (SSSR count). The number of hydrogen-bond acceptors (Lipinski definition) is 3. The Morgan fingerprint density at radius 2 is 1.78 bits per heavy atom. The van der Waals surface area contributed by atoms with Crippen molar-refractivity contribution in [3.63, 3.8) is 0 Å². The largest absolute Gasteiger partial charge is 0.497 e. The number of nitrogens with one attached hydrogen (secondary N) is 1. The maximum atomic E-state index is 12.3. The second-order valence-corrected chi connectivity index (χ2v) is 5.56. The van der Waals surface area contributed by atoms with E-state index >= 15 is 0 Å². The molecule has 0 saturated carbocycles. The van der Waals surface area contributed by atoms with Crippen LogP contribution in [0.2, 0.25) is 0 Å². The molecule has 0 heterocycles. The van der Waals surface area contributed by atoms with Gasteiger partial charge in [-0.15, -0.1) is 0 Å². The second kappa shape index (κ2) is 7.68. The molecule has 0 fully saturated rings. The third-order valence-electron chi connectivity index (χ3n) is 3.77. The Bertz CT molecular complexity index is 665.